The third-order valence-corrected chi connectivity index (χ3v) is 4.75. The van der Waals surface area contributed by atoms with Gasteiger partial charge in [0.1, 0.15) is 0 Å². The number of sulfonamides is 1. The van der Waals surface area contributed by atoms with E-state index in [0.717, 1.165) is 5.56 Å². The van der Waals surface area contributed by atoms with Crippen molar-refractivity contribution >= 4 is 27.5 Å². The first kappa shape index (κ1) is 17.4. The average Bonchev–Trinajstić information content (AvgIpc) is 2.56. The smallest absolute Gasteiger partial charge is 0.269 e. The van der Waals surface area contributed by atoms with E-state index in [1.807, 2.05) is 30.3 Å². The van der Waals surface area contributed by atoms with Gasteiger partial charge in [0.2, 0.25) is 10.0 Å². The Morgan fingerprint density at radius 2 is 1.87 bits per heavy atom. The van der Waals surface area contributed by atoms with Crippen molar-refractivity contribution in [3.05, 3.63) is 64.7 Å². The van der Waals surface area contributed by atoms with Crippen LogP contribution < -0.4 is 10.2 Å². The van der Waals surface area contributed by atoms with Crippen LogP contribution >= 0.6 is 11.6 Å². The molecule has 0 saturated heterocycles. The van der Waals surface area contributed by atoms with Crippen molar-refractivity contribution < 1.29 is 18.0 Å². The zero-order valence-corrected chi connectivity index (χ0v) is 13.8. The van der Waals surface area contributed by atoms with E-state index in [1.165, 1.54) is 25.2 Å². The van der Waals surface area contributed by atoms with Crippen LogP contribution in [0.4, 0.5) is 0 Å². The fourth-order valence-electron chi connectivity index (χ4n) is 1.78. The normalized spacial score (nSPS) is 11.2. The first-order valence-corrected chi connectivity index (χ1v) is 8.49. The molecular weight excluding hydrogens is 340 g/mol. The summed E-state index contributed by atoms with van der Waals surface area (Å²) in [6.45, 7) is 0.179. The summed E-state index contributed by atoms with van der Waals surface area (Å²) in [6, 6.07) is 13.1. The van der Waals surface area contributed by atoms with E-state index >= 15 is 0 Å². The Morgan fingerprint density at radius 3 is 2.52 bits per heavy atom. The van der Waals surface area contributed by atoms with Crippen LogP contribution in [0.15, 0.2) is 53.4 Å². The Bertz CT molecular complexity index is 794. The molecule has 0 atom stereocenters. The molecule has 122 valence electrons. The van der Waals surface area contributed by atoms with E-state index in [4.69, 9.17) is 16.4 Å². The van der Waals surface area contributed by atoms with Crippen LogP contribution in [0, 0.1) is 0 Å². The maximum Gasteiger partial charge on any atom is 0.276 e. The molecule has 1 amide bonds. The number of benzene rings is 2. The first-order valence-electron chi connectivity index (χ1n) is 6.63. The third-order valence-electron chi connectivity index (χ3n) is 3.01. The topological polar surface area (TPSA) is 84.5 Å². The maximum atomic E-state index is 12.1. The average molecular weight is 355 g/mol. The van der Waals surface area contributed by atoms with Gasteiger partial charge in [-0.15, -0.1) is 0 Å². The minimum Gasteiger partial charge on any atom is -0.269 e. The number of amides is 1. The van der Waals surface area contributed by atoms with Crippen molar-refractivity contribution in [2.24, 2.45) is 0 Å². The number of carbonyl (C=O) groups is 1. The summed E-state index contributed by atoms with van der Waals surface area (Å²) < 4.78 is 25.7. The van der Waals surface area contributed by atoms with Crippen LogP contribution in [0.1, 0.15) is 15.9 Å². The van der Waals surface area contributed by atoms with Crippen molar-refractivity contribution in [2.75, 3.05) is 7.05 Å². The van der Waals surface area contributed by atoms with Crippen molar-refractivity contribution in [1.29, 1.82) is 0 Å². The van der Waals surface area contributed by atoms with Crippen LogP contribution in [0.3, 0.4) is 0 Å². The Morgan fingerprint density at radius 1 is 1.17 bits per heavy atom. The molecule has 0 fully saturated rings. The van der Waals surface area contributed by atoms with Gasteiger partial charge in [-0.2, -0.15) is 0 Å². The van der Waals surface area contributed by atoms with Crippen LogP contribution in [0.2, 0.25) is 5.02 Å². The summed E-state index contributed by atoms with van der Waals surface area (Å²) in [4.78, 5) is 17.1. The van der Waals surface area contributed by atoms with E-state index in [1.54, 1.807) is 0 Å². The molecule has 0 unspecified atom stereocenters. The molecule has 0 aromatic heterocycles. The van der Waals surface area contributed by atoms with Gasteiger partial charge in [-0.3, -0.25) is 9.63 Å². The highest BCUT2D eigenvalue weighted by atomic mass is 35.5. The lowest BCUT2D eigenvalue weighted by Gasteiger charge is -2.09. The van der Waals surface area contributed by atoms with Gasteiger partial charge in [-0.05, 0) is 30.8 Å². The fourth-order valence-corrected chi connectivity index (χ4v) is 2.74. The van der Waals surface area contributed by atoms with Crippen molar-refractivity contribution in [1.82, 2.24) is 10.2 Å². The van der Waals surface area contributed by atoms with Crippen LogP contribution in [-0.2, 0) is 21.5 Å². The van der Waals surface area contributed by atoms with E-state index < -0.39 is 15.9 Å². The summed E-state index contributed by atoms with van der Waals surface area (Å²) in [6.07, 6.45) is 0. The molecule has 2 aromatic carbocycles. The molecule has 0 aliphatic rings. The zero-order chi connectivity index (χ0) is 16.9. The quantitative estimate of drug-likeness (QED) is 0.778. The molecule has 0 aliphatic heterocycles. The van der Waals surface area contributed by atoms with Crippen molar-refractivity contribution in [3.63, 3.8) is 0 Å². The lowest BCUT2D eigenvalue weighted by atomic mass is 10.2. The lowest BCUT2D eigenvalue weighted by Crippen LogP contribution is -2.25. The highest BCUT2D eigenvalue weighted by molar-refractivity contribution is 7.89. The predicted molar refractivity (Wildman–Crippen MR) is 86.4 cm³/mol. The van der Waals surface area contributed by atoms with Gasteiger partial charge in [0.25, 0.3) is 5.91 Å². The summed E-state index contributed by atoms with van der Waals surface area (Å²) in [7, 11) is -2.38. The molecule has 2 aromatic rings. The highest BCUT2D eigenvalue weighted by Crippen LogP contribution is 2.20. The molecule has 0 saturated carbocycles. The molecule has 23 heavy (non-hydrogen) atoms. The van der Waals surface area contributed by atoms with E-state index in [2.05, 4.69) is 10.2 Å². The van der Waals surface area contributed by atoms with Crippen LogP contribution in [0.5, 0.6) is 0 Å². The standard InChI is InChI=1S/C15H15ClN2O4S/c1-17-23(20,21)12-7-8-14(16)13(9-12)15(19)18-22-10-11-5-3-2-4-6-11/h2-9,17H,10H2,1H3,(H,18,19). The number of hydrogen-bond donors (Lipinski definition) is 2. The van der Waals surface area contributed by atoms with Crippen LogP contribution in [-0.4, -0.2) is 21.4 Å². The minimum absolute atomic E-state index is 0.0102. The number of carbonyl (C=O) groups excluding carboxylic acids is 1. The minimum atomic E-state index is -3.66. The van der Waals surface area contributed by atoms with Gasteiger partial charge in [-0.1, -0.05) is 41.9 Å². The molecule has 0 heterocycles. The maximum absolute atomic E-state index is 12.1. The number of hydrogen-bond acceptors (Lipinski definition) is 4. The fraction of sp³-hybridized carbons (Fsp3) is 0.133. The Labute approximate surface area is 139 Å². The summed E-state index contributed by atoms with van der Waals surface area (Å²) >= 11 is 5.95. The van der Waals surface area contributed by atoms with Crippen molar-refractivity contribution in [2.45, 2.75) is 11.5 Å². The Balaban J connectivity index is 2.08. The molecule has 2 rings (SSSR count). The summed E-state index contributed by atoms with van der Waals surface area (Å²) in [5.74, 6) is -0.626. The second-order valence-electron chi connectivity index (χ2n) is 4.55. The second-order valence-corrected chi connectivity index (χ2v) is 6.85. The number of halogens is 1. The second kappa shape index (κ2) is 7.56. The molecule has 0 aliphatic carbocycles. The highest BCUT2D eigenvalue weighted by Gasteiger charge is 2.17. The number of rotatable bonds is 6. The first-order chi connectivity index (χ1) is 10.9. The van der Waals surface area contributed by atoms with E-state index in [-0.39, 0.29) is 22.1 Å². The zero-order valence-electron chi connectivity index (χ0n) is 12.2. The van der Waals surface area contributed by atoms with Gasteiger partial charge in [0.15, 0.2) is 0 Å². The molecular formula is C15H15ClN2O4S. The summed E-state index contributed by atoms with van der Waals surface area (Å²) in [5, 5.41) is 0.126. The molecule has 0 bridgehead atoms. The van der Waals surface area contributed by atoms with Gasteiger partial charge >= 0.3 is 0 Å². The van der Waals surface area contributed by atoms with Gasteiger partial charge < -0.3 is 0 Å². The largest absolute Gasteiger partial charge is 0.276 e. The van der Waals surface area contributed by atoms with Crippen molar-refractivity contribution in [3.8, 4) is 0 Å². The van der Waals surface area contributed by atoms with Gasteiger partial charge in [0.05, 0.1) is 22.1 Å². The molecule has 6 nitrogen and oxygen atoms in total. The Hall–Kier alpha value is -1.93. The number of hydroxylamine groups is 1. The van der Waals surface area contributed by atoms with Crippen LogP contribution in [0.25, 0.3) is 0 Å². The molecule has 8 heteroatoms. The molecule has 2 N–H and O–H groups in total. The van der Waals surface area contributed by atoms with E-state index in [9.17, 15) is 13.2 Å². The Kier molecular flexibility index (Phi) is 5.73. The summed E-state index contributed by atoms with van der Waals surface area (Å²) in [5.41, 5.74) is 3.14. The third kappa shape index (κ3) is 4.52. The molecule has 0 spiro atoms. The lowest BCUT2D eigenvalue weighted by molar-refractivity contribution is 0.0233. The SMILES string of the molecule is CNS(=O)(=O)c1ccc(Cl)c(C(=O)NOCc2ccccc2)c1. The number of nitrogens with one attached hydrogen (secondary N) is 2. The predicted octanol–water partition coefficient (Wildman–Crippen LogP) is 2.11. The van der Waals surface area contributed by atoms with Gasteiger partial charge in [0, 0.05) is 0 Å². The monoisotopic (exact) mass is 354 g/mol. The van der Waals surface area contributed by atoms with Gasteiger partial charge in [-0.25, -0.2) is 18.6 Å². The molecule has 0 radical (unpaired) electrons. The van der Waals surface area contributed by atoms with E-state index in [0.29, 0.717) is 0 Å².